The van der Waals surface area contributed by atoms with Crippen LogP contribution < -0.4 is 10.0 Å². The van der Waals surface area contributed by atoms with Crippen LogP contribution in [-0.4, -0.2) is 20.9 Å². The van der Waals surface area contributed by atoms with E-state index in [4.69, 9.17) is 23.2 Å². The van der Waals surface area contributed by atoms with Gasteiger partial charge in [0.2, 0.25) is 15.9 Å². The van der Waals surface area contributed by atoms with E-state index in [0.717, 1.165) is 5.56 Å². The molecule has 0 unspecified atom stereocenters. The van der Waals surface area contributed by atoms with Gasteiger partial charge in [-0.3, -0.25) is 4.79 Å². The maximum absolute atomic E-state index is 12.1. The van der Waals surface area contributed by atoms with Crippen LogP contribution in [-0.2, 0) is 14.8 Å². The lowest BCUT2D eigenvalue weighted by Gasteiger charge is -2.10. The van der Waals surface area contributed by atoms with Gasteiger partial charge in [0.25, 0.3) is 0 Å². The van der Waals surface area contributed by atoms with Crippen LogP contribution in [0.2, 0.25) is 10.0 Å². The zero-order chi connectivity index (χ0) is 17.7. The lowest BCUT2D eigenvalue weighted by atomic mass is 10.2. The predicted molar refractivity (Wildman–Crippen MR) is 96.1 cm³/mol. The van der Waals surface area contributed by atoms with Crippen molar-refractivity contribution in [1.29, 1.82) is 0 Å². The summed E-state index contributed by atoms with van der Waals surface area (Å²) in [4.78, 5) is 12.0. The highest BCUT2D eigenvalue weighted by molar-refractivity contribution is 7.89. The monoisotopic (exact) mass is 386 g/mol. The minimum atomic E-state index is -3.70. The van der Waals surface area contributed by atoms with E-state index >= 15 is 0 Å². The number of nitrogens with one attached hydrogen (secondary N) is 2. The number of rotatable bonds is 6. The highest BCUT2D eigenvalue weighted by Crippen LogP contribution is 2.19. The van der Waals surface area contributed by atoms with E-state index in [1.54, 1.807) is 30.3 Å². The van der Waals surface area contributed by atoms with Gasteiger partial charge in [-0.2, -0.15) is 0 Å². The fourth-order valence-electron chi connectivity index (χ4n) is 2.00. The fourth-order valence-corrected chi connectivity index (χ4v) is 3.56. The molecule has 0 atom stereocenters. The Labute approximate surface area is 151 Å². The van der Waals surface area contributed by atoms with E-state index in [1.165, 1.54) is 12.1 Å². The molecule has 8 heteroatoms. The molecular weight excluding hydrogens is 371 g/mol. The van der Waals surface area contributed by atoms with Crippen molar-refractivity contribution in [3.63, 3.8) is 0 Å². The van der Waals surface area contributed by atoms with Crippen molar-refractivity contribution in [2.75, 3.05) is 11.9 Å². The number of anilines is 1. The lowest BCUT2D eigenvalue weighted by Crippen LogP contribution is -2.28. The van der Waals surface area contributed by atoms with Crippen molar-refractivity contribution in [1.82, 2.24) is 4.72 Å². The molecule has 0 heterocycles. The molecule has 0 spiro atoms. The second kappa shape index (κ2) is 7.98. The predicted octanol–water partition coefficient (Wildman–Crippen LogP) is 3.61. The van der Waals surface area contributed by atoms with Crippen LogP contribution >= 0.6 is 23.2 Å². The molecule has 0 bridgehead atoms. The molecule has 0 aliphatic rings. The van der Waals surface area contributed by atoms with E-state index in [1.807, 2.05) is 6.92 Å². The molecule has 0 saturated heterocycles. The summed E-state index contributed by atoms with van der Waals surface area (Å²) in [6.07, 6.45) is 0.00185. The van der Waals surface area contributed by atoms with Gasteiger partial charge in [-0.15, -0.1) is 0 Å². The molecule has 0 aliphatic carbocycles. The molecule has 2 aromatic carbocycles. The van der Waals surface area contributed by atoms with Crippen LogP contribution in [0.5, 0.6) is 0 Å². The van der Waals surface area contributed by atoms with Gasteiger partial charge in [-0.25, -0.2) is 13.1 Å². The number of sulfonamides is 1. The molecule has 5 nitrogen and oxygen atoms in total. The van der Waals surface area contributed by atoms with E-state index in [2.05, 4.69) is 10.0 Å². The minimum absolute atomic E-state index is 0.00185. The first-order chi connectivity index (χ1) is 11.3. The number of aryl methyl sites for hydroxylation is 1. The second-order valence-corrected chi connectivity index (χ2v) is 7.75. The molecule has 2 N–H and O–H groups in total. The Balaban J connectivity index is 1.90. The van der Waals surface area contributed by atoms with Crippen LogP contribution in [0.3, 0.4) is 0 Å². The van der Waals surface area contributed by atoms with Crippen molar-refractivity contribution in [3.8, 4) is 0 Å². The van der Waals surface area contributed by atoms with Crippen LogP contribution in [0, 0.1) is 6.92 Å². The summed E-state index contributed by atoms with van der Waals surface area (Å²) in [7, 11) is -3.70. The largest absolute Gasteiger partial charge is 0.326 e. The highest BCUT2D eigenvalue weighted by atomic mass is 35.5. The molecule has 2 rings (SSSR count). The van der Waals surface area contributed by atoms with E-state index in [-0.39, 0.29) is 23.8 Å². The first kappa shape index (κ1) is 18.7. The van der Waals surface area contributed by atoms with Crippen molar-refractivity contribution in [2.24, 2.45) is 0 Å². The molecule has 24 heavy (non-hydrogen) atoms. The van der Waals surface area contributed by atoms with Gasteiger partial charge in [-0.05, 0) is 48.9 Å². The summed E-state index contributed by atoms with van der Waals surface area (Å²) in [6, 6.07) is 11.0. The summed E-state index contributed by atoms with van der Waals surface area (Å²) >= 11 is 11.6. The fraction of sp³-hybridized carbons (Fsp3) is 0.188. The Bertz CT molecular complexity index is 854. The van der Waals surface area contributed by atoms with Gasteiger partial charge < -0.3 is 5.32 Å². The van der Waals surface area contributed by atoms with Crippen LogP contribution in [0.1, 0.15) is 12.0 Å². The summed E-state index contributed by atoms with van der Waals surface area (Å²) < 4.78 is 26.6. The molecule has 0 fully saturated rings. The highest BCUT2D eigenvalue weighted by Gasteiger charge is 2.14. The number of benzene rings is 2. The van der Waals surface area contributed by atoms with Gasteiger partial charge in [-0.1, -0.05) is 29.3 Å². The first-order valence-electron chi connectivity index (χ1n) is 7.09. The molecular formula is C16H16Cl2N2O3S. The maximum atomic E-state index is 12.1. The van der Waals surface area contributed by atoms with E-state index < -0.39 is 10.0 Å². The van der Waals surface area contributed by atoms with Crippen molar-refractivity contribution < 1.29 is 13.2 Å². The van der Waals surface area contributed by atoms with Crippen molar-refractivity contribution in [2.45, 2.75) is 18.2 Å². The average molecular weight is 387 g/mol. The Kier molecular flexibility index (Phi) is 6.23. The second-order valence-electron chi connectivity index (χ2n) is 5.11. The maximum Gasteiger partial charge on any atom is 0.240 e. The zero-order valence-electron chi connectivity index (χ0n) is 12.8. The standard InChI is InChI=1S/C16H16Cl2N2O3S/c1-11-9-13(18)5-6-15(11)20-16(21)7-8-19-24(22,23)14-4-2-3-12(17)10-14/h2-6,9-10,19H,7-8H2,1H3,(H,20,21). The van der Waals surface area contributed by atoms with Gasteiger partial charge in [0.1, 0.15) is 0 Å². The summed E-state index contributed by atoms with van der Waals surface area (Å²) in [5, 5.41) is 3.63. The third kappa shape index (κ3) is 5.21. The third-order valence-corrected chi connectivity index (χ3v) is 5.14. The van der Waals surface area contributed by atoms with Gasteiger partial charge in [0, 0.05) is 28.7 Å². The molecule has 2 aromatic rings. The van der Waals surface area contributed by atoms with Crippen molar-refractivity contribution >= 4 is 44.8 Å². The topological polar surface area (TPSA) is 75.3 Å². The third-order valence-electron chi connectivity index (χ3n) is 3.21. The number of hydrogen-bond acceptors (Lipinski definition) is 3. The van der Waals surface area contributed by atoms with Gasteiger partial charge in [0.05, 0.1) is 4.90 Å². The lowest BCUT2D eigenvalue weighted by molar-refractivity contribution is -0.116. The molecule has 0 aromatic heterocycles. The van der Waals surface area contributed by atoms with Crippen LogP contribution in [0.4, 0.5) is 5.69 Å². The first-order valence-corrected chi connectivity index (χ1v) is 9.33. The number of amides is 1. The van der Waals surface area contributed by atoms with Gasteiger partial charge >= 0.3 is 0 Å². The Morgan fingerprint density at radius 2 is 1.79 bits per heavy atom. The normalized spacial score (nSPS) is 11.3. The molecule has 0 aliphatic heterocycles. The van der Waals surface area contributed by atoms with E-state index in [0.29, 0.717) is 15.7 Å². The number of hydrogen-bond donors (Lipinski definition) is 2. The Morgan fingerprint density at radius 3 is 2.46 bits per heavy atom. The Hall–Kier alpha value is -1.60. The average Bonchev–Trinajstić information content (AvgIpc) is 2.50. The summed E-state index contributed by atoms with van der Waals surface area (Å²) in [6.45, 7) is 1.80. The van der Waals surface area contributed by atoms with Crippen LogP contribution in [0.25, 0.3) is 0 Å². The summed E-state index contributed by atoms with van der Waals surface area (Å²) in [5.74, 6) is -0.297. The number of halogens is 2. The molecule has 1 amide bonds. The van der Waals surface area contributed by atoms with Gasteiger partial charge in [0.15, 0.2) is 0 Å². The number of carbonyl (C=O) groups is 1. The van der Waals surface area contributed by atoms with Crippen molar-refractivity contribution in [3.05, 3.63) is 58.1 Å². The zero-order valence-corrected chi connectivity index (χ0v) is 15.2. The van der Waals surface area contributed by atoms with E-state index in [9.17, 15) is 13.2 Å². The smallest absolute Gasteiger partial charge is 0.240 e. The SMILES string of the molecule is Cc1cc(Cl)ccc1NC(=O)CCNS(=O)(=O)c1cccc(Cl)c1. The molecule has 0 radical (unpaired) electrons. The molecule has 128 valence electrons. The quantitative estimate of drug-likeness (QED) is 0.795. The minimum Gasteiger partial charge on any atom is -0.326 e. The Morgan fingerprint density at radius 1 is 1.08 bits per heavy atom. The molecule has 0 saturated carbocycles. The van der Waals surface area contributed by atoms with Crippen LogP contribution in [0.15, 0.2) is 47.4 Å². The number of carbonyl (C=O) groups excluding carboxylic acids is 1. The summed E-state index contributed by atoms with van der Waals surface area (Å²) in [5.41, 5.74) is 1.47.